The van der Waals surface area contributed by atoms with Crippen LogP contribution in [0.1, 0.15) is 35.1 Å². The number of ether oxygens (including phenoxy) is 1. The van der Waals surface area contributed by atoms with Crippen LogP contribution in [0.3, 0.4) is 0 Å². The molecule has 0 aliphatic carbocycles. The van der Waals surface area contributed by atoms with Gasteiger partial charge in [-0.1, -0.05) is 59.7 Å². The van der Waals surface area contributed by atoms with Gasteiger partial charge in [0.25, 0.3) is 5.89 Å². The Morgan fingerprint density at radius 1 is 1.00 bits per heavy atom. The molecule has 7 rings (SSSR count). The lowest BCUT2D eigenvalue weighted by Crippen LogP contribution is -2.43. The molecule has 2 bridgehead atoms. The summed E-state index contributed by atoms with van der Waals surface area (Å²) < 4.78 is 12.0. The molecule has 10 nitrogen and oxygen atoms in total. The molecule has 2 unspecified atom stereocenters. The summed E-state index contributed by atoms with van der Waals surface area (Å²) in [6.07, 6.45) is 3.13. The maximum absolute atomic E-state index is 13.3. The number of Topliss-reactive ketones (excluding diaryl/α,β-unsaturated/α-hetero) is 1. The normalized spacial score (nSPS) is 21.8. The minimum absolute atomic E-state index is 0.0645. The predicted molar refractivity (Wildman–Crippen MR) is 147 cm³/mol. The number of aliphatic imine (C=N–C) groups is 1. The van der Waals surface area contributed by atoms with Gasteiger partial charge in [0.1, 0.15) is 6.07 Å². The van der Waals surface area contributed by atoms with E-state index >= 15 is 0 Å². The molecule has 2 saturated heterocycles. The molecular weight excluding hydrogens is 506 g/mol. The van der Waals surface area contributed by atoms with E-state index in [1.165, 1.54) is 6.20 Å². The van der Waals surface area contributed by atoms with E-state index in [2.05, 4.69) is 31.5 Å². The van der Waals surface area contributed by atoms with Gasteiger partial charge in [-0.05, 0) is 24.5 Å². The van der Waals surface area contributed by atoms with E-state index in [1.54, 1.807) is 6.07 Å². The molecule has 2 aromatic heterocycles. The third-order valence-corrected chi connectivity index (χ3v) is 7.52. The summed E-state index contributed by atoms with van der Waals surface area (Å²) in [6.45, 7) is 1.40. The molecule has 0 amide bonds. The number of pyridine rings is 1. The predicted octanol–water partition coefficient (Wildman–Crippen LogP) is 3.77. The van der Waals surface area contributed by atoms with Crippen molar-refractivity contribution in [3.8, 4) is 17.7 Å². The van der Waals surface area contributed by atoms with Crippen LogP contribution in [-0.4, -0.2) is 58.1 Å². The molecule has 1 N–H and O–H groups in total. The Labute approximate surface area is 230 Å². The second-order valence-electron chi connectivity index (χ2n) is 10.2. The van der Waals surface area contributed by atoms with Crippen LogP contribution in [0.15, 0.2) is 76.3 Å². The van der Waals surface area contributed by atoms with Crippen molar-refractivity contribution in [2.24, 2.45) is 4.99 Å². The van der Waals surface area contributed by atoms with Gasteiger partial charge in [-0.3, -0.25) is 9.79 Å². The lowest BCUT2D eigenvalue weighted by Gasteiger charge is -2.34. The van der Waals surface area contributed by atoms with Gasteiger partial charge in [0.15, 0.2) is 17.6 Å². The molecule has 3 aliphatic rings. The lowest BCUT2D eigenvalue weighted by molar-refractivity contribution is -0.119. The number of nitriles is 1. The van der Waals surface area contributed by atoms with Crippen LogP contribution in [0, 0.1) is 11.3 Å². The number of carbonyl (C=O) groups is 1. The number of hydrogen-bond donors (Lipinski definition) is 1. The molecule has 4 aromatic rings. The summed E-state index contributed by atoms with van der Waals surface area (Å²) in [4.78, 5) is 24.8. The smallest absolute Gasteiger partial charge is 0.317 e. The van der Waals surface area contributed by atoms with Crippen molar-refractivity contribution in [1.82, 2.24) is 15.2 Å². The summed E-state index contributed by atoms with van der Waals surface area (Å²) in [5.41, 5.74) is 5.14. The summed E-state index contributed by atoms with van der Waals surface area (Å²) in [6, 6.07) is 21.6. The number of morpholine rings is 1. The van der Waals surface area contributed by atoms with Crippen molar-refractivity contribution in [2.75, 3.05) is 23.3 Å². The van der Waals surface area contributed by atoms with E-state index in [4.69, 9.17) is 14.1 Å². The van der Waals surface area contributed by atoms with Crippen molar-refractivity contribution >= 4 is 23.2 Å². The average Bonchev–Trinajstić information content (AvgIpc) is 3.56. The van der Waals surface area contributed by atoms with Gasteiger partial charge >= 0.3 is 6.01 Å². The highest BCUT2D eigenvalue weighted by Crippen LogP contribution is 2.35. The van der Waals surface area contributed by atoms with Gasteiger partial charge in [-0.25, -0.2) is 4.98 Å². The summed E-state index contributed by atoms with van der Waals surface area (Å²) in [7, 11) is 0. The maximum Gasteiger partial charge on any atom is 0.317 e. The van der Waals surface area contributed by atoms with E-state index in [0.29, 0.717) is 24.3 Å². The minimum atomic E-state index is -0.917. The Kier molecular flexibility index (Phi) is 6.06. The quantitative estimate of drug-likeness (QED) is 0.409. The fourth-order valence-electron chi connectivity index (χ4n) is 5.63. The highest BCUT2D eigenvalue weighted by atomic mass is 16.5. The molecule has 3 atom stereocenters. The Bertz CT molecular complexity index is 1650. The summed E-state index contributed by atoms with van der Waals surface area (Å²) in [5, 5.41) is 21.0. The molecule has 198 valence electrons. The summed E-state index contributed by atoms with van der Waals surface area (Å²) >= 11 is 0. The topological polar surface area (TPSA) is 130 Å². The minimum Gasteiger partial charge on any atom is -0.402 e. The molecule has 5 heterocycles. The zero-order valence-electron chi connectivity index (χ0n) is 21.5. The second-order valence-corrected chi connectivity index (χ2v) is 10.2. The molecule has 2 fully saturated rings. The fourth-order valence-corrected chi connectivity index (χ4v) is 5.63. The van der Waals surface area contributed by atoms with Gasteiger partial charge in [0, 0.05) is 36.8 Å². The van der Waals surface area contributed by atoms with Crippen molar-refractivity contribution < 1.29 is 13.9 Å². The van der Waals surface area contributed by atoms with Gasteiger partial charge in [-0.15, -0.1) is 5.10 Å². The molecule has 2 aromatic carbocycles. The van der Waals surface area contributed by atoms with Crippen LogP contribution in [0.4, 0.5) is 11.7 Å². The number of nitrogens with one attached hydrogen (secondary N) is 1. The number of fused-ring (bicyclic) bond motifs is 3. The first-order valence-corrected chi connectivity index (χ1v) is 13.3. The largest absolute Gasteiger partial charge is 0.402 e. The molecule has 0 spiro atoms. The Balaban J connectivity index is 1.21. The number of anilines is 2. The van der Waals surface area contributed by atoms with Gasteiger partial charge < -0.3 is 19.4 Å². The number of rotatable bonds is 5. The number of carbonyl (C=O) groups excluding carboxylic acids is 1. The van der Waals surface area contributed by atoms with Crippen LogP contribution < -0.4 is 10.2 Å². The third-order valence-electron chi connectivity index (χ3n) is 7.52. The SMILES string of the molecule is N#Cc1cnc(-c2nnc(N[C@H]3N=C(c4ccccc4)c4ccccc4CC3=O)o2)c(N2CC3CCC(C2)O3)c1. The van der Waals surface area contributed by atoms with Crippen LogP contribution in [0.25, 0.3) is 11.6 Å². The van der Waals surface area contributed by atoms with E-state index in [1.807, 2.05) is 54.6 Å². The highest BCUT2D eigenvalue weighted by Gasteiger charge is 2.35. The van der Waals surface area contributed by atoms with Crippen LogP contribution >= 0.6 is 0 Å². The maximum atomic E-state index is 13.3. The molecule has 0 saturated carbocycles. The number of ketones is 1. The molecule has 40 heavy (non-hydrogen) atoms. The zero-order chi connectivity index (χ0) is 27.1. The number of benzene rings is 2. The zero-order valence-corrected chi connectivity index (χ0v) is 21.5. The number of aromatic nitrogens is 3. The van der Waals surface area contributed by atoms with E-state index in [-0.39, 0.29) is 36.3 Å². The lowest BCUT2D eigenvalue weighted by atomic mass is 9.96. The van der Waals surface area contributed by atoms with Crippen LogP contribution in [0.5, 0.6) is 0 Å². The van der Waals surface area contributed by atoms with Crippen molar-refractivity contribution in [3.05, 3.63) is 89.1 Å². The Hall–Kier alpha value is -4.88. The standard InChI is InChI=1S/C30H25N7O3/c31-14-18-12-24(37-16-21-10-11-22(17-37)39-21)27(32-15-18)29-35-36-30(40-29)34-28-25(38)13-20-8-4-5-9-23(20)26(33-28)19-6-2-1-3-7-19/h1-9,12,15,21-22,28H,10-11,13,16-17H2,(H,34,36)/t21?,22?,28-/m1/s1. The molecular formula is C30H25N7O3. The van der Waals surface area contributed by atoms with Crippen molar-refractivity contribution in [2.45, 2.75) is 37.6 Å². The summed E-state index contributed by atoms with van der Waals surface area (Å²) in [5.74, 6) is 0.0801. The van der Waals surface area contributed by atoms with Crippen LogP contribution in [0.2, 0.25) is 0 Å². The first-order valence-electron chi connectivity index (χ1n) is 13.3. The number of hydrogen-bond acceptors (Lipinski definition) is 10. The first-order chi connectivity index (χ1) is 19.6. The molecule has 10 heteroatoms. The van der Waals surface area contributed by atoms with Gasteiger partial charge in [0.2, 0.25) is 0 Å². The highest BCUT2D eigenvalue weighted by molar-refractivity contribution is 6.16. The van der Waals surface area contributed by atoms with Gasteiger partial charge in [0.05, 0.1) is 29.2 Å². The first kappa shape index (κ1) is 24.2. The van der Waals surface area contributed by atoms with E-state index < -0.39 is 6.17 Å². The second kappa shape index (κ2) is 10.0. The number of nitrogens with zero attached hydrogens (tertiary/aromatic N) is 6. The monoisotopic (exact) mass is 531 g/mol. The van der Waals surface area contributed by atoms with Crippen molar-refractivity contribution in [1.29, 1.82) is 5.26 Å². The Morgan fingerprint density at radius 3 is 2.58 bits per heavy atom. The molecule has 3 aliphatic heterocycles. The van der Waals surface area contributed by atoms with Crippen molar-refractivity contribution in [3.63, 3.8) is 0 Å². The average molecular weight is 532 g/mol. The molecule has 0 radical (unpaired) electrons. The third kappa shape index (κ3) is 4.50. The van der Waals surface area contributed by atoms with Gasteiger partial charge in [-0.2, -0.15) is 5.26 Å². The van der Waals surface area contributed by atoms with E-state index in [9.17, 15) is 10.1 Å². The Morgan fingerprint density at radius 2 is 1.77 bits per heavy atom. The van der Waals surface area contributed by atoms with Crippen LogP contribution in [-0.2, 0) is 16.0 Å². The fraction of sp³-hybridized carbons (Fsp3) is 0.267. The van der Waals surface area contributed by atoms with E-state index in [0.717, 1.165) is 40.9 Å².